The third kappa shape index (κ3) is 2.94. The molecule has 6 heteroatoms. The normalized spacial score (nSPS) is 13.4. The van der Waals surface area contributed by atoms with Gasteiger partial charge in [-0.3, -0.25) is 0 Å². The minimum absolute atomic E-state index is 0.267. The van der Waals surface area contributed by atoms with Gasteiger partial charge in [0.1, 0.15) is 0 Å². The number of rotatable bonds is 3. The monoisotopic (exact) mass is 284 g/mol. The minimum atomic E-state index is 0.267. The first-order chi connectivity index (χ1) is 10.1. The highest BCUT2D eigenvalue weighted by Gasteiger charge is 2.14. The molecule has 0 unspecified atom stereocenters. The molecule has 0 saturated carbocycles. The van der Waals surface area contributed by atoms with E-state index in [1.807, 2.05) is 45.0 Å². The first kappa shape index (κ1) is 13.4. The highest BCUT2D eigenvalue weighted by atomic mass is 16.7. The third-order valence-corrected chi connectivity index (χ3v) is 3.10. The lowest BCUT2D eigenvalue weighted by Gasteiger charge is -2.05. The number of ether oxygens (including phenoxy) is 2. The van der Waals surface area contributed by atoms with Crippen molar-refractivity contribution < 1.29 is 9.47 Å². The molecule has 1 aliphatic rings. The van der Waals surface area contributed by atoms with E-state index in [1.54, 1.807) is 0 Å². The summed E-state index contributed by atoms with van der Waals surface area (Å²) in [6, 6.07) is 7.64. The molecule has 0 atom stereocenters. The molecule has 0 spiro atoms. The van der Waals surface area contributed by atoms with Crippen LogP contribution in [-0.2, 0) is 0 Å². The molecule has 0 aliphatic carbocycles. The van der Waals surface area contributed by atoms with Gasteiger partial charge in [-0.2, -0.15) is 5.10 Å². The van der Waals surface area contributed by atoms with E-state index >= 15 is 0 Å². The number of fused-ring (bicyclic) bond motifs is 1. The van der Waals surface area contributed by atoms with E-state index in [-0.39, 0.29) is 6.79 Å². The summed E-state index contributed by atoms with van der Waals surface area (Å²) in [6.45, 7) is 6.03. The maximum Gasteiger partial charge on any atom is 0.243 e. The number of anilines is 1. The summed E-state index contributed by atoms with van der Waals surface area (Å²) in [5.74, 6) is 1.99. The zero-order chi connectivity index (χ0) is 14.8. The number of hydrazone groups is 1. The molecular weight excluding hydrogens is 268 g/mol. The maximum atomic E-state index is 5.36. The maximum absolute atomic E-state index is 5.36. The Morgan fingerprint density at radius 2 is 1.81 bits per heavy atom. The lowest BCUT2D eigenvalue weighted by Crippen LogP contribution is -2.03. The third-order valence-electron chi connectivity index (χ3n) is 3.10. The highest BCUT2D eigenvalue weighted by molar-refractivity contribution is 5.99. The van der Waals surface area contributed by atoms with Gasteiger partial charge < -0.3 is 9.47 Å². The van der Waals surface area contributed by atoms with Gasteiger partial charge >= 0.3 is 0 Å². The van der Waals surface area contributed by atoms with Crippen LogP contribution in [0.5, 0.6) is 11.5 Å². The van der Waals surface area contributed by atoms with Crippen molar-refractivity contribution in [1.82, 2.24) is 9.97 Å². The molecule has 0 amide bonds. The van der Waals surface area contributed by atoms with Crippen molar-refractivity contribution in [3.8, 4) is 11.5 Å². The van der Waals surface area contributed by atoms with Crippen LogP contribution in [0.3, 0.4) is 0 Å². The Morgan fingerprint density at radius 3 is 2.57 bits per heavy atom. The van der Waals surface area contributed by atoms with E-state index < -0.39 is 0 Å². The van der Waals surface area contributed by atoms with Crippen molar-refractivity contribution >= 4 is 11.7 Å². The molecule has 21 heavy (non-hydrogen) atoms. The SMILES string of the molecule is CC(=NNc1nc(C)cc(C)n1)c1ccc2c(c1)OCO2. The second kappa shape index (κ2) is 5.40. The minimum Gasteiger partial charge on any atom is -0.454 e. The van der Waals surface area contributed by atoms with Crippen molar-refractivity contribution in [2.45, 2.75) is 20.8 Å². The number of hydrogen-bond acceptors (Lipinski definition) is 6. The van der Waals surface area contributed by atoms with E-state index in [4.69, 9.17) is 9.47 Å². The van der Waals surface area contributed by atoms with Crippen LogP contribution in [0.15, 0.2) is 29.4 Å². The van der Waals surface area contributed by atoms with Crippen molar-refractivity contribution in [3.05, 3.63) is 41.2 Å². The van der Waals surface area contributed by atoms with Crippen LogP contribution in [0, 0.1) is 13.8 Å². The Labute approximate surface area is 122 Å². The number of aromatic nitrogens is 2. The van der Waals surface area contributed by atoms with Gasteiger partial charge in [0.15, 0.2) is 11.5 Å². The van der Waals surface area contributed by atoms with Crippen molar-refractivity contribution in [1.29, 1.82) is 0 Å². The Kier molecular flexibility index (Phi) is 3.43. The summed E-state index contributed by atoms with van der Waals surface area (Å²) in [6.07, 6.45) is 0. The summed E-state index contributed by atoms with van der Waals surface area (Å²) < 4.78 is 10.7. The largest absolute Gasteiger partial charge is 0.454 e. The molecule has 2 aromatic rings. The fourth-order valence-corrected chi connectivity index (χ4v) is 2.10. The van der Waals surface area contributed by atoms with Gasteiger partial charge in [0.25, 0.3) is 0 Å². The van der Waals surface area contributed by atoms with Crippen LogP contribution < -0.4 is 14.9 Å². The molecule has 6 nitrogen and oxygen atoms in total. The summed E-state index contributed by atoms with van der Waals surface area (Å²) in [4.78, 5) is 8.57. The van der Waals surface area contributed by atoms with Crippen LogP contribution in [0.4, 0.5) is 5.95 Å². The highest BCUT2D eigenvalue weighted by Crippen LogP contribution is 2.32. The van der Waals surface area contributed by atoms with E-state index in [0.717, 1.165) is 34.2 Å². The smallest absolute Gasteiger partial charge is 0.243 e. The van der Waals surface area contributed by atoms with Crippen molar-refractivity contribution in [2.24, 2.45) is 5.10 Å². The number of aryl methyl sites for hydroxylation is 2. The van der Waals surface area contributed by atoms with Crippen LogP contribution in [-0.4, -0.2) is 22.5 Å². The number of nitrogens with zero attached hydrogens (tertiary/aromatic N) is 3. The second-order valence-corrected chi connectivity index (χ2v) is 4.85. The fraction of sp³-hybridized carbons (Fsp3) is 0.267. The van der Waals surface area contributed by atoms with Crippen LogP contribution >= 0.6 is 0 Å². The predicted octanol–water partition coefficient (Wildman–Crippen LogP) is 2.66. The number of benzene rings is 1. The summed E-state index contributed by atoms with van der Waals surface area (Å²) in [5.41, 5.74) is 6.46. The van der Waals surface area contributed by atoms with E-state index in [9.17, 15) is 0 Å². The molecule has 0 fully saturated rings. The van der Waals surface area contributed by atoms with Gasteiger partial charge in [-0.1, -0.05) is 0 Å². The lowest BCUT2D eigenvalue weighted by atomic mass is 10.1. The second-order valence-electron chi connectivity index (χ2n) is 4.85. The van der Waals surface area contributed by atoms with Gasteiger partial charge in [0.2, 0.25) is 12.7 Å². The van der Waals surface area contributed by atoms with E-state index in [2.05, 4.69) is 20.5 Å². The van der Waals surface area contributed by atoms with Crippen molar-refractivity contribution in [3.63, 3.8) is 0 Å². The summed E-state index contributed by atoms with van der Waals surface area (Å²) in [7, 11) is 0. The molecule has 108 valence electrons. The fourth-order valence-electron chi connectivity index (χ4n) is 2.10. The predicted molar refractivity (Wildman–Crippen MR) is 79.9 cm³/mol. The molecule has 1 N–H and O–H groups in total. The van der Waals surface area contributed by atoms with Crippen LogP contribution in [0.25, 0.3) is 0 Å². The standard InChI is InChI=1S/C15H16N4O2/c1-9-6-10(2)17-15(16-9)19-18-11(3)12-4-5-13-14(7-12)21-8-20-13/h4-7H,8H2,1-3H3,(H,16,17,19). The molecule has 1 aromatic heterocycles. The van der Waals surface area contributed by atoms with Crippen LogP contribution in [0.1, 0.15) is 23.9 Å². The van der Waals surface area contributed by atoms with Crippen LogP contribution in [0.2, 0.25) is 0 Å². The average molecular weight is 284 g/mol. The number of nitrogens with one attached hydrogen (secondary N) is 1. The molecule has 0 saturated heterocycles. The molecule has 2 heterocycles. The van der Waals surface area contributed by atoms with Gasteiger partial charge in [-0.25, -0.2) is 15.4 Å². The first-order valence-electron chi connectivity index (χ1n) is 6.64. The number of hydrogen-bond donors (Lipinski definition) is 1. The lowest BCUT2D eigenvalue weighted by molar-refractivity contribution is 0.174. The van der Waals surface area contributed by atoms with E-state index in [1.165, 1.54) is 0 Å². The molecule has 0 bridgehead atoms. The van der Waals surface area contributed by atoms with Gasteiger partial charge in [0, 0.05) is 17.0 Å². The Balaban J connectivity index is 1.79. The van der Waals surface area contributed by atoms with Crippen molar-refractivity contribution in [2.75, 3.05) is 12.2 Å². The topological polar surface area (TPSA) is 68.6 Å². The molecular formula is C15H16N4O2. The quantitative estimate of drug-likeness (QED) is 0.693. The van der Waals surface area contributed by atoms with Gasteiger partial charge in [0.05, 0.1) is 5.71 Å². The first-order valence-corrected chi connectivity index (χ1v) is 6.64. The van der Waals surface area contributed by atoms with Gasteiger partial charge in [-0.15, -0.1) is 0 Å². The average Bonchev–Trinajstić information content (AvgIpc) is 2.91. The Morgan fingerprint density at radius 1 is 1.10 bits per heavy atom. The van der Waals surface area contributed by atoms with E-state index in [0.29, 0.717) is 5.95 Å². The zero-order valence-electron chi connectivity index (χ0n) is 12.2. The summed E-state index contributed by atoms with van der Waals surface area (Å²) >= 11 is 0. The van der Waals surface area contributed by atoms with Gasteiger partial charge in [-0.05, 0) is 45.0 Å². The molecule has 0 radical (unpaired) electrons. The molecule has 1 aromatic carbocycles. The molecule has 1 aliphatic heterocycles. The Hall–Kier alpha value is -2.63. The zero-order valence-corrected chi connectivity index (χ0v) is 12.2. The molecule has 3 rings (SSSR count). The summed E-state index contributed by atoms with van der Waals surface area (Å²) in [5, 5.41) is 4.32. The Bertz CT molecular complexity index is 693.